The number of nitro groups is 1. The van der Waals surface area contributed by atoms with Crippen molar-refractivity contribution in [3.8, 4) is 5.75 Å². The summed E-state index contributed by atoms with van der Waals surface area (Å²) < 4.78 is 5.38. The van der Waals surface area contributed by atoms with E-state index in [0.717, 1.165) is 27.7 Å². The molecular weight excluding hydrogens is 542 g/mol. The number of imide groups is 1. The first-order valence-electron chi connectivity index (χ1n) is 13.1. The van der Waals surface area contributed by atoms with E-state index >= 15 is 0 Å². The van der Waals surface area contributed by atoms with E-state index in [2.05, 4.69) is 0 Å². The van der Waals surface area contributed by atoms with E-state index in [1.54, 1.807) is 36.4 Å². The number of esters is 1. The zero-order valence-electron chi connectivity index (χ0n) is 22.5. The Balaban J connectivity index is 1.37. The minimum absolute atomic E-state index is 0.0413. The fraction of sp³-hybridized carbons (Fsp3) is 0.194. The lowest BCUT2D eigenvalue weighted by atomic mass is 9.85. The smallest absolute Gasteiger partial charge is 0.343 e. The standard InChI is InChI=1S/C31H25N3O8/c1-19-6-8-22(9-7-19)31(39)42-24-16-12-20(13-17-24)27(35)18-32(28(36)21-10-14-23(15-11-21)34(40)41)33-29(37)25-4-2-3-5-26(25)30(33)38/h2-3,6-17,25-26H,4-5,18H2,1H3/t25-,26+. The van der Waals surface area contributed by atoms with Crippen LogP contribution in [0.25, 0.3) is 0 Å². The van der Waals surface area contributed by atoms with Crippen molar-refractivity contribution < 1.29 is 33.6 Å². The predicted molar refractivity (Wildman–Crippen MR) is 148 cm³/mol. The fourth-order valence-electron chi connectivity index (χ4n) is 4.92. The highest BCUT2D eigenvalue weighted by molar-refractivity contribution is 6.09. The van der Waals surface area contributed by atoms with Crippen molar-refractivity contribution in [2.75, 3.05) is 6.54 Å². The Hall–Kier alpha value is -5.45. The number of non-ortho nitro benzene ring substituents is 1. The maximum absolute atomic E-state index is 13.6. The van der Waals surface area contributed by atoms with Crippen LogP contribution in [0, 0.1) is 28.9 Å². The van der Waals surface area contributed by atoms with Gasteiger partial charge in [-0.25, -0.2) is 9.80 Å². The molecule has 11 nitrogen and oxygen atoms in total. The highest BCUT2D eigenvalue weighted by Gasteiger charge is 2.51. The van der Waals surface area contributed by atoms with E-state index in [1.165, 1.54) is 36.4 Å². The number of hydrazine groups is 1. The molecule has 1 aliphatic carbocycles. The molecule has 212 valence electrons. The van der Waals surface area contributed by atoms with E-state index in [-0.39, 0.29) is 22.6 Å². The number of rotatable bonds is 8. The van der Waals surface area contributed by atoms with Gasteiger partial charge in [-0.15, -0.1) is 0 Å². The monoisotopic (exact) mass is 567 g/mol. The molecule has 3 aromatic carbocycles. The van der Waals surface area contributed by atoms with Crippen LogP contribution in [0.1, 0.15) is 49.5 Å². The summed E-state index contributed by atoms with van der Waals surface area (Å²) in [7, 11) is 0. The van der Waals surface area contributed by atoms with Crippen LogP contribution in [0.5, 0.6) is 5.75 Å². The maximum Gasteiger partial charge on any atom is 0.343 e. The number of nitro benzene ring substituents is 1. The second kappa shape index (κ2) is 11.6. The molecule has 0 bridgehead atoms. The number of hydrogen-bond donors (Lipinski definition) is 0. The summed E-state index contributed by atoms with van der Waals surface area (Å²) in [4.78, 5) is 76.4. The number of amides is 3. The molecule has 3 amide bonds. The van der Waals surface area contributed by atoms with Crippen LogP contribution in [0.3, 0.4) is 0 Å². The van der Waals surface area contributed by atoms with E-state index in [9.17, 15) is 34.1 Å². The zero-order valence-corrected chi connectivity index (χ0v) is 22.5. The van der Waals surface area contributed by atoms with Crippen molar-refractivity contribution >= 4 is 35.2 Å². The van der Waals surface area contributed by atoms with Crippen molar-refractivity contribution in [2.45, 2.75) is 19.8 Å². The molecule has 0 spiro atoms. The van der Waals surface area contributed by atoms with Gasteiger partial charge in [0.2, 0.25) is 0 Å². The largest absolute Gasteiger partial charge is 0.423 e. The molecule has 3 aromatic rings. The third-order valence-electron chi connectivity index (χ3n) is 7.25. The van der Waals surface area contributed by atoms with Crippen molar-refractivity contribution in [3.05, 3.63) is 117 Å². The Morgan fingerprint density at radius 3 is 1.90 bits per heavy atom. The first-order valence-corrected chi connectivity index (χ1v) is 13.1. The molecule has 2 aliphatic rings. The van der Waals surface area contributed by atoms with Gasteiger partial charge in [0.1, 0.15) is 12.3 Å². The van der Waals surface area contributed by atoms with Crippen molar-refractivity contribution in [3.63, 3.8) is 0 Å². The summed E-state index contributed by atoms with van der Waals surface area (Å²) in [6.45, 7) is 1.24. The number of ketones is 1. The quantitative estimate of drug-likeness (QED) is 0.0745. The topological polar surface area (TPSA) is 144 Å². The molecule has 2 atom stereocenters. The number of hydrogen-bond acceptors (Lipinski definition) is 8. The second-order valence-electron chi connectivity index (χ2n) is 10.0. The molecule has 1 fully saturated rings. The summed E-state index contributed by atoms with van der Waals surface area (Å²) in [6, 6.07) is 17.2. The maximum atomic E-state index is 13.6. The first kappa shape index (κ1) is 28.1. The van der Waals surface area contributed by atoms with Gasteiger partial charge in [-0.2, -0.15) is 5.01 Å². The molecule has 42 heavy (non-hydrogen) atoms. The van der Waals surface area contributed by atoms with Crippen LogP contribution in [0.15, 0.2) is 84.9 Å². The molecule has 1 saturated heterocycles. The molecule has 11 heteroatoms. The lowest BCUT2D eigenvalue weighted by Crippen LogP contribution is -2.52. The van der Waals surface area contributed by atoms with Crippen LogP contribution < -0.4 is 4.74 Å². The van der Waals surface area contributed by atoms with E-state index < -0.39 is 52.8 Å². The van der Waals surface area contributed by atoms with Crippen molar-refractivity contribution in [2.24, 2.45) is 11.8 Å². The van der Waals surface area contributed by atoms with Gasteiger partial charge in [-0.1, -0.05) is 29.8 Å². The molecule has 0 N–H and O–H groups in total. The van der Waals surface area contributed by atoms with Crippen molar-refractivity contribution in [1.29, 1.82) is 0 Å². The third-order valence-corrected chi connectivity index (χ3v) is 7.25. The summed E-state index contributed by atoms with van der Waals surface area (Å²) in [6.07, 6.45) is 4.28. The SMILES string of the molecule is Cc1ccc(C(=O)Oc2ccc(C(=O)CN(C(=O)c3ccc([N+](=O)[O-])cc3)N3C(=O)[C@H]4CC=CC[C@H]4C3=O)cc2)cc1. The van der Waals surface area contributed by atoms with Gasteiger partial charge in [0.25, 0.3) is 23.4 Å². The number of allylic oxidation sites excluding steroid dienone is 2. The Bertz CT molecular complexity index is 1590. The van der Waals surface area contributed by atoms with Crippen LogP contribution in [-0.4, -0.2) is 51.0 Å². The van der Waals surface area contributed by atoms with Crippen molar-refractivity contribution in [1.82, 2.24) is 10.0 Å². The average Bonchev–Trinajstić information content (AvgIpc) is 3.25. The Morgan fingerprint density at radius 1 is 0.833 bits per heavy atom. The van der Waals surface area contributed by atoms with E-state index in [0.29, 0.717) is 18.4 Å². The first-order chi connectivity index (χ1) is 20.1. The molecular formula is C31H25N3O8. The molecule has 1 aliphatic heterocycles. The predicted octanol–water partition coefficient (Wildman–Crippen LogP) is 4.31. The van der Waals surface area contributed by atoms with Crippen LogP contribution in [-0.2, 0) is 9.59 Å². The summed E-state index contributed by atoms with van der Waals surface area (Å²) in [5.41, 5.74) is 1.20. The number of benzene rings is 3. The number of carbonyl (C=O) groups is 5. The summed E-state index contributed by atoms with van der Waals surface area (Å²) in [5.74, 6) is -4.27. The van der Waals surface area contributed by atoms with Gasteiger partial charge in [0.05, 0.1) is 22.3 Å². The minimum Gasteiger partial charge on any atom is -0.423 e. The minimum atomic E-state index is -0.838. The zero-order chi connectivity index (χ0) is 30.0. The molecule has 5 rings (SSSR count). The average molecular weight is 568 g/mol. The Kier molecular flexibility index (Phi) is 7.74. The van der Waals surface area contributed by atoms with Crippen LogP contribution in [0.4, 0.5) is 5.69 Å². The summed E-state index contributed by atoms with van der Waals surface area (Å²) in [5, 5.41) is 12.6. The van der Waals surface area contributed by atoms with Gasteiger partial charge < -0.3 is 4.74 Å². The fourth-order valence-corrected chi connectivity index (χ4v) is 4.92. The number of carbonyl (C=O) groups excluding carboxylic acids is 5. The molecule has 0 radical (unpaired) electrons. The normalized spacial score (nSPS) is 17.5. The van der Waals surface area contributed by atoms with Crippen LogP contribution >= 0.6 is 0 Å². The Morgan fingerprint density at radius 2 is 1.36 bits per heavy atom. The summed E-state index contributed by atoms with van der Waals surface area (Å²) >= 11 is 0. The van der Waals surface area contributed by atoms with Gasteiger partial charge in [0.15, 0.2) is 5.78 Å². The van der Waals surface area contributed by atoms with Gasteiger partial charge in [-0.3, -0.25) is 29.3 Å². The number of nitrogens with zero attached hydrogens (tertiary/aromatic N) is 3. The van der Waals surface area contributed by atoms with E-state index in [1.807, 2.05) is 6.92 Å². The number of Topliss-reactive ketones (excluding diaryl/α,β-unsaturated/α-hetero) is 1. The highest BCUT2D eigenvalue weighted by atomic mass is 16.6. The molecule has 0 unspecified atom stereocenters. The molecule has 1 heterocycles. The lowest BCUT2D eigenvalue weighted by molar-refractivity contribution is -0.384. The van der Waals surface area contributed by atoms with Crippen LogP contribution in [0.2, 0.25) is 0 Å². The molecule has 0 saturated carbocycles. The number of ether oxygens (including phenoxy) is 1. The van der Waals surface area contributed by atoms with Gasteiger partial charge >= 0.3 is 5.97 Å². The van der Waals surface area contributed by atoms with E-state index in [4.69, 9.17) is 4.74 Å². The third kappa shape index (κ3) is 5.57. The highest BCUT2D eigenvalue weighted by Crippen LogP contribution is 2.36. The lowest BCUT2D eigenvalue weighted by Gasteiger charge is -2.30. The number of fused-ring (bicyclic) bond motifs is 1. The number of aryl methyl sites for hydroxylation is 1. The van der Waals surface area contributed by atoms with Gasteiger partial charge in [-0.05, 0) is 68.3 Å². The van der Waals surface area contributed by atoms with Gasteiger partial charge in [0, 0.05) is 23.3 Å². The second-order valence-corrected chi connectivity index (χ2v) is 10.0. The Labute approximate surface area is 240 Å². The molecule has 0 aromatic heterocycles.